The molecule has 90 valence electrons. The van der Waals surface area contributed by atoms with E-state index in [9.17, 15) is 4.79 Å². The summed E-state index contributed by atoms with van der Waals surface area (Å²) in [6, 6.07) is 0.276. The summed E-state index contributed by atoms with van der Waals surface area (Å²) in [5.74, 6) is 0.672. The van der Waals surface area contributed by atoms with Gasteiger partial charge in [0, 0.05) is 13.1 Å². The van der Waals surface area contributed by atoms with Crippen LogP contribution in [0, 0.1) is 5.41 Å². The largest absolute Gasteiger partial charge is 0.355 e. The van der Waals surface area contributed by atoms with Crippen LogP contribution in [0.15, 0.2) is 15.6 Å². The molecular weight excluding hydrogens is 270 g/mol. The van der Waals surface area contributed by atoms with Crippen molar-refractivity contribution in [2.24, 2.45) is 5.41 Å². The van der Waals surface area contributed by atoms with E-state index in [0.29, 0.717) is 10.3 Å². The van der Waals surface area contributed by atoms with E-state index in [4.69, 9.17) is 0 Å². The third-order valence-electron chi connectivity index (χ3n) is 2.95. The number of H-pyrrole nitrogens is 1. The first kappa shape index (κ1) is 13.2. The van der Waals surface area contributed by atoms with Gasteiger partial charge in [-0.25, -0.2) is 4.98 Å². The molecule has 0 bridgehead atoms. The third-order valence-corrected chi connectivity index (χ3v) is 3.66. The molecule has 1 N–H and O–H groups in total. The normalized spacial score (nSPS) is 13.6. The monoisotopic (exact) mass is 287 g/mol. The van der Waals surface area contributed by atoms with Crippen LogP contribution >= 0.6 is 15.9 Å². The summed E-state index contributed by atoms with van der Waals surface area (Å²) in [6.07, 6.45) is 1.42. The van der Waals surface area contributed by atoms with Crippen molar-refractivity contribution < 1.29 is 0 Å². The number of halogens is 1. The third kappa shape index (κ3) is 2.64. The minimum absolute atomic E-state index is 0.123. The lowest BCUT2D eigenvalue weighted by atomic mass is 9.87. The molecule has 4 nitrogen and oxygen atoms in total. The van der Waals surface area contributed by atoms with E-state index in [1.807, 2.05) is 11.9 Å². The summed E-state index contributed by atoms with van der Waals surface area (Å²) in [5, 5.41) is 0. The maximum Gasteiger partial charge on any atom is 0.267 e. The zero-order valence-corrected chi connectivity index (χ0v) is 11.9. The van der Waals surface area contributed by atoms with E-state index in [1.165, 1.54) is 6.33 Å². The van der Waals surface area contributed by atoms with Crippen molar-refractivity contribution in [3.05, 3.63) is 21.2 Å². The second-order valence-electron chi connectivity index (χ2n) is 5.02. The number of rotatable bonds is 2. The van der Waals surface area contributed by atoms with Gasteiger partial charge < -0.3 is 9.88 Å². The zero-order valence-electron chi connectivity index (χ0n) is 10.3. The number of nitrogens with one attached hydrogen (secondary N) is 1. The Morgan fingerprint density at radius 3 is 2.56 bits per heavy atom. The molecule has 1 unspecified atom stereocenters. The highest BCUT2D eigenvalue weighted by Gasteiger charge is 2.26. The van der Waals surface area contributed by atoms with Crippen LogP contribution in [0.25, 0.3) is 0 Å². The first-order chi connectivity index (χ1) is 7.25. The Hall–Kier alpha value is -0.840. The molecule has 1 aromatic heterocycles. The van der Waals surface area contributed by atoms with E-state index in [-0.39, 0.29) is 17.0 Å². The second-order valence-corrected chi connectivity index (χ2v) is 5.82. The highest BCUT2D eigenvalue weighted by atomic mass is 79.9. The van der Waals surface area contributed by atoms with Crippen LogP contribution in [-0.4, -0.2) is 23.1 Å². The van der Waals surface area contributed by atoms with Crippen LogP contribution in [0.1, 0.15) is 27.7 Å². The Balaban J connectivity index is 3.11. The second kappa shape index (κ2) is 4.57. The standard InChI is InChI=1S/C11H18BrN3O/c1-7(11(2,3)4)15(5)9-8(12)10(16)14-6-13-9/h6-7H,1-5H3,(H,13,14,16). The van der Waals surface area contributed by atoms with Gasteiger partial charge in [0.1, 0.15) is 10.3 Å². The fraction of sp³-hybridized carbons (Fsp3) is 0.636. The molecule has 0 saturated heterocycles. The lowest BCUT2D eigenvalue weighted by Crippen LogP contribution is -2.40. The van der Waals surface area contributed by atoms with Crippen molar-refractivity contribution in [1.29, 1.82) is 0 Å². The molecule has 1 aromatic rings. The maximum absolute atomic E-state index is 11.4. The van der Waals surface area contributed by atoms with Crippen molar-refractivity contribution in [2.45, 2.75) is 33.7 Å². The molecule has 0 aliphatic heterocycles. The van der Waals surface area contributed by atoms with E-state index < -0.39 is 0 Å². The molecular formula is C11H18BrN3O. The van der Waals surface area contributed by atoms with Crippen LogP contribution in [-0.2, 0) is 0 Å². The minimum Gasteiger partial charge on any atom is -0.355 e. The first-order valence-corrected chi connectivity index (χ1v) is 6.00. The molecule has 0 amide bonds. The molecule has 0 radical (unpaired) electrons. The highest BCUT2D eigenvalue weighted by molar-refractivity contribution is 9.10. The Labute approximate surface area is 104 Å². The van der Waals surface area contributed by atoms with Crippen LogP contribution in [0.4, 0.5) is 5.82 Å². The van der Waals surface area contributed by atoms with Crippen LogP contribution in [0.3, 0.4) is 0 Å². The quantitative estimate of drug-likeness (QED) is 0.909. The summed E-state index contributed by atoms with van der Waals surface area (Å²) in [4.78, 5) is 20.2. The predicted molar refractivity (Wildman–Crippen MR) is 69.9 cm³/mol. The summed E-state index contributed by atoms with van der Waals surface area (Å²) in [6.45, 7) is 8.61. The average Bonchev–Trinajstić information content (AvgIpc) is 2.18. The van der Waals surface area contributed by atoms with Gasteiger partial charge in [-0.05, 0) is 28.3 Å². The van der Waals surface area contributed by atoms with Crippen molar-refractivity contribution in [3.63, 3.8) is 0 Å². The fourth-order valence-corrected chi connectivity index (χ4v) is 1.88. The van der Waals surface area contributed by atoms with Crippen molar-refractivity contribution in [2.75, 3.05) is 11.9 Å². The number of anilines is 1. The molecule has 1 atom stereocenters. The smallest absolute Gasteiger partial charge is 0.267 e. The topological polar surface area (TPSA) is 49.0 Å². The lowest BCUT2D eigenvalue weighted by molar-refractivity contribution is 0.328. The molecule has 0 saturated carbocycles. The molecule has 1 heterocycles. The molecule has 0 aliphatic rings. The SMILES string of the molecule is CC(N(C)c1nc[nH]c(=O)c1Br)C(C)(C)C. The summed E-state index contributed by atoms with van der Waals surface area (Å²) in [7, 11) is 1.95. The summed E-state index contributed by atoms with van der Waals surface area (Å²) < 4.78 is 0.480. The minimum atomic E-state index is -0.155. The maximum atomic E-state index is 11.4. The van der Waals surface area contributed by atoms with Gasteiger partial charge in [0.25, 0.3) is 5.56 Å². The molecule has 16 heavy (non-hydrogen) atoms. The molecule has 1 rings (SSSR count). The number of hydrogen-bond donors (Lipinski definition) is 1. The number of nitrogens with zero attached hydrogens (tertiary/aromatic N) is 2. The Bertz CT molecular complexity index is 422. The van der Waals surface area contributed by atoms with E-state index in [1.54, 1.807) is 0 Å². The van der Waals surface area contributed by atoms with Crippen LogP contribution < -0.4 is 10.5 Å². The van der Waals surface area contributed by atoms with Gasteiger partial charge in [0.05, 0.1) is 6.33 Å². The Morgan fingerprint density at radius 1 is 1.50 bits per heavy atom. The zero-order chi connectivity index (χ0) is 12.5. The van der Waals surface area contributed by atoms with Crippen LogP contribution in [0.5, 0.6) is 0 Å². The van der Waals surface area contributed by atoms with E-state index in [0.717, 1.165) is 0 Å². The summed E-state index contributed by atoms with van der Waals surface area (Å²) >= 11 is 3.27. The van der Waals surface area contributed by atoms with Gasteiger partial charge in [-0.2, -0.15) is 0 Å². The number of aromatic amines is 1. The van der Waals surface area contributed by atoms with Crippen LogP contribution in [0.2, 0.25) is 0 Å². The first-order valence-electron chi connectivity index (χ1n) is 5.21. The van der Waals surface area contributed by atoms with Gasteiger partial charge in [0.2, 0.25) is 0 Å². The van der Waals surface area contributed by atoms with Gasteiger partial charge in [-0.1, -0.05) is 20.8 Å². The van der Waals surface area contributed by atoms with Crippen molar-refractivity contribution in [1.82, 2.24) is 9.97 Å². The van der Waals surface area contributed by atoms with E-state index >= 15 is 0 Å². The van der Waals surface area contributed by atoms with E-state index in [2.05, 4.69) is 53.6 Å². The lowest BCUT2D eigenvalue weighted by Gasteiger charge is -2.36. The Kier molecular flexibility index (Phi) is 3.78. The molecule has 0 spiro atoms. The molecule has 0 fully saturated rings. The Morgan fingerprint density at radius 2 is 2.06 bits per heavy atom. The molecule has 5 heteroatoms. The van der Waals surface area contributed by atoms with Crippen molar-refractivity contribution >= 4 is 21.7 Å². The fourth-order valence-electron chi connectivity index (χ4n) is 1.38. The van der Waals surface area contributed by atoms with Gasteiger partial charge >= 0.3 is 0 Å². The number of aromatic nitrogens is 2. The number of hydrogen-bond acceptors (Lipinski definition) is 3. The molecule has 0 aliphatic carbocycles. The highest BCUT2D eigenvalue weighted by Crippen LogP contribution is 2.28. The van der Waals surface area contributed by atoms with Crippen molar-refractivity contribution in [3.8, 4) is 0 Å². The van der Waals surface area contributed by atoms with Gasteiger partial charge in [0.15, 0.2) is 0 Å². The summed E-state index contributed by atoms with van der Waals surface area (Å²) in [5.41, 5.74) is -0.0312. The van der Waals surface area contributed by atoms with Gasteiger partial charge in [-0.15, -0.1) is 0 Å². The predicted octanol–water partition coefficient (Wildman–Crippen LogP) is 2.40. The average molecular weight is 288 g/mol. The van der Waals surface area contributed by atoms with Gasteiger partial charge in [-0.3, -0.25) is 4.79 Å². The molecule has 0 aromatic carbocycles.